The van der Waals surface area contributed by atoms with E-state index in [2.05, 4.69) is 0 Å². The van der Waals surface area contributed by atoms with Gasteiger partial charge in [0, 0.05) is 6.42 Å². The van der Waals surface area contributed by atoms with Gasteiger partial charge < -0.3 is 5.11 Å². The molecule has 0 aromatic rings. The van der Waals surface area contributed by atoms with Gasteiger partial charge in [-0.2, -0.15) is 13.2 Å². The van der Waals surface area contributed by atoms with Crippen molar-refractivity contribution in [2.24, 2.45) is 0 Å². The monoisotopic (exact) mass is 270 g/mol. The van der Waals surface area contributed by atoms with E-state index in [-0.39, 0.29) is 0 Å². The van der Waals surface area contributed by atoms with Crippen molar-refractivity contribution in [3.8, 4) is 0 Å². The first-order chi connectivity index (χ1) is 8.25. The number of halogens is 4. The van der Waals surface area contributed by atoms with Crippen LogP contribution in [0.4, 0.5) is 17.6 Å². The molecule has 1 N–H and O–H groups in total. The second-order valence-electron chi connectivity index (χ2n) is 4.13. The minimum atomic E-state index is -5.40. The number of hydrogen-bond acceptors (Lipinski definition) is 1. The molecule has 0 amide bonds. The van der Waals surface area contributed by atoms with Gasteiger partial charge in [0.25, 0.3) is 0 Å². The summed E-state index contributed by atoms with van der Waals surface area (Å²) in [6.07, 6.45) is 0.163. The normalized spacial score (nSPS) is 15.8. The summed E-state index contributed by atoms with van der Waals surface area (Å²) in [6.45, 7) is 2.03. The molecule has 0 fully saturated rings. The molecule has 0 rings (SSSR count). The molecule has 0 saturated heterocycles. The van der Waals surface area contributed by atoms with E-state index in [1.54, 1.807) is 0 Å². The molecule has 1 atom stereocenters. The standard InChI is InChI=1S/C12H18F4O2/c1-2-3-4-5-6-7-8-9-11(13,10(17)18)12(14,15)16/h7-8H,2-6,9H2,1H3,(H,17,18)/b8-7+. The summed E-state index contributed by atoms with van der Waals surface area (Å²) in [5.74, 6) is -2.49. The van der Waals surface area contributed by atoms with Crippen molar-refractivity contribution >= 4 is 5.97 Å². The van der Waals surface area contributed by atoms with Crippen LogP contribution in [-0.4, -0.2) is 22.9 Å². The van der Waals surface area contributed by atoms with Crippen LogP contribution in [0.5, 0.6) is 0 Å². The van der Waals surface area contributed by atoms with E-state index in [1.807, 2.05) is 6.92 Å². The molecule has 0 heterocycles. The third kappa shape index (κ3) is 5.06. The average molecular weight is 270 g/mol. The van der Waals surface area contributed by atoms with Gasteiger partial charge in [-0.1, -0.05) is 38.3 Å². The maximum Gasteiger partial charge on any atom is 0.433 e. The summed E-state index contributed by atoms with van der Waals surface area (Å²) in [4.78, 5) is 10.3. The van der Waals surface area contributed by atoms with E-state index < -0.39 is 24.2 Å². The second-order valence-corrected chi connectivity index (χ2v) is 4.13. The molecule has 0 aliphatic rings. The Morgan fingerprint density at radius 2 is 1.72 bits per heavy atom. The molecule has 0 aromatic heterocycles. The van der Waals surface area contributed by atoms with Crippen LogP contribution in [0.25, 0.3) is 0 Å². The number of allylic oxidation sites excluding steroid dienone is 2. The molecule has 18 heavy (non-hydrogen) atoms. The number of carboxylic acid groups (broad SMARTS) is 1. The lowest BCUT2D eigenvalue weighted by atomic mass is 10.0. The van der Waals surface area contributed by atoms with Crippen molar-refractivity contribution in [1.82, 2.24) is 0 Å². The Morgan fingerprint density at radius 3 is 2.17 bits per heavy atom. The first-order valence-corrected chi connectivity index (χ1v) is 5.89. The van der Waals surface area contributed by atoms with Crippen LogP contribution in [0.3, 0.4) is 0 Å². The molecule has 6 heteroatoms. The Bertz CT molecular complexity index is 286. The zero-order valence-corrected chi connectivity index (χ0v) is 10.3. The van der Waals surface area contributed by atoms with Crippen molar-refractivity contribution in [2.75, 3.05) is 0 Å². The lowest BCUT2D eigenvalue weighted by molar-refractivity contribution is -0.235. The predicted molar refractivity (Wildman–Crippen MR) is 60.0 cm³/mol. The van der Waals surface area contributed by atoms with Gasteiger partial charge in [-0.15, -0.1) is 0 Å². The zero-order chi connectivity index (χ0) is 14.2. The van der Waals surface area contributed by atoms with E-state index in [0.717, 1.165) is 31.8 Å². The first-order valence-electron chi connectivity index (χ1n) is 5.89. The molecule has 0 spiro atoms. The molecule has 0 saturated carbocycles. The molecular weight excluding hydrogens is 252 g/mol. The number of carboxylic acids is 1. The lowest BCUT2D eigenvalue weighted by Crippen LogP contribution is -2.47. The van der Waals surface area contributed by atoms with Gasteiger partial charge in [0.05, 0.1) is 0 Å². The minimum Gasteiger partial charge on any atom is -0.479 e. The smallest absolute Gasteiger partial charge is 0.433 e. The number of unbranched alkanes of at least 4 members (excludes halogenated alkanes) is 4. The predicted octanol–water partition coefficient (Wildman–Crippen LogP) is 4.26. The van der Waals surface area contributed by atoms with E-state index in [0.29, 0.717) is 6.42 Å². The van der Waals surface area contributed by atoms with Crippen LogP contribution in [-0.2, 0) is 4.79 Å². The molecule has 0 aliphatic heterocycles. The Morgan fingerprint density at radius 1 is 1.11 bits per heavy atom. The van der Waals surface area contributed by atoms with Crippen molar-refractivity contribution in [3.63, 3.8) is 0 Å². The van der Waals surface area contributed by atoms with Crippen LogP contribution in [0, 0.1) is 0 Å². The summed E-state index contributed by atoms with van der Waals surface area (Å²) in [6, 6.07) is 0. The quantitative estimate of drug-likeness (QED) is 0.406. The van der Waals surface area contributed by atoms with Gasteiger partial charge in [0.15, 0.2) is 0 Å². The fraction of sp³-hybridized carbons (Fsp3) is 0.750. The largest absolute Gasteiger partial charge is 0.479 e. The molecule has 0 radical (unpaired) electrons. The Kier molecular flexibility index (Phi) is 6.94. The number of rotatable bonds is 8. The first kappa shape index (κ1) is 16.9. The third-order valence-corrected chi connectivity index (χ3v) is 2.58. The summed E-state index contributed by atoms with van der Waals surface area (Å²) in [7, 11) is 0. The highest BCUT2D eigenvalue weighted by molar-refractivity contribution is 5.78. The fourth-order valence-corrected chi connectivity index (χ4v) is 1.38. The number of carbonyl (C=O) groups is 1. The maximum absolute atomic E-state index is 13.3. The zero-order valence-electron chi connectivity index (χ0n) is 10.3. The summed E-state index contributed by atoms with van der Waals surface area (Å²) < 4.78 is 50.0. The summed E-state index contributed by atoms with van der Waals surface area (Å²) in [5, 5.41) is 8.31. The topological polar surface area (TPSA) is 37.3 Å². The molecule has 1 unspecified atom stereocenters. The van der Waals surface area contributed by atoms with Crippen LogP contribution < -0.4 is 0 Å². The summed E-state index contributed by atoms with van der Waals surface area (Å²) >= 11 is 0. The number of aliphatic carboxylic acids is 1. The Hall–Kier alpha value is -1.07. The van der Waals surface area contributed by atoms with Crippen LogP contribution in [0.15, 0.2) is 12.2 Å². The number of hydrogen-bond donors (Lipinski definition) is 1. The van der Waals surface area contributed by atoms with Crippen molar-refractivity contribution < 1.29 is 27.5 Å². The van der Waals surface area contributed by atoms with Gasteiger partial charge in [-0.05, 0) is 12.8 Å². The van der Waals surface area contributed by atoms with E-state index >= 15 is 0 Å². The fourth-order valence-electron chi connectivity index (χ4n) is 1.38. The van der Waals surface area contributed by atoms with Crippen LogP contribution in [0.2, 0.25) is 0 Å². The average Bonchev–Trinajstić information content (AvgIpc) is 2.25. The lowest BCUT2D eigenvalue weighted by Gasteiger charge is -2.21. The molecule has 0 aromatic carbocycles. The number of alkyl halides is 4. The van der Waals surface area contributed by atoms with Gasteiger partial charge in [0.2, 0.25) is 0 Å². The van der Waals surface area contributed by atoms with Gasteiger partial charge in [-0.3, -0.25) is 0 Å². The van der Waals surface area contributed by atoms with E-state index in [9.17, 15) is 22.4 Å². The highest BCUT2D eigenvalue weighted by atomic mass is 19.4. The highest BCUT2D eigenvalue weighted by Gasteiger charge is 2.61. The van der Waals surface area contributed by atoms with E-state index in [4.69, 9.17) is 5.11 Å². The Balaban J connectivity index is 4.22. The summed E-state index contributed by atoms with van der Waals surface area (Å²) in [5.41, 5.74) is -4.19. The minimum absolute atomic E-state index is 0.535. The van der Waals surface area contributed by atoms with Crippen LogP contribution in [0.1, 0.15) is 45.4 Å². The van der Waals surface area contributed by atoms with Gasteiger partial charge in [-0.25, -0.2) is 9.18 Å². The van der Waals surface area contributed by atoms with Crippen molar-refractivity contribution in [2.45, 2.75) is 57.3 Å². The molecule has 106 valence electrons. The Labute approximate surface area is 104 Å². The molecule has 0 bridgehead atoms. The second kappa shape index (κ2) is 7.38. The molecular formula is C12H18F4O2. The molecule has 2 nitrogen and oxygen atoms in total. The molecule has 0 aliphatic carbocycles. The third-order valence-electron chi connectivity index (χ3n) is 2.58. The van der Waals surface area contributed by atoms with Crippen molar-refractivity contribution in [1.29, 1.82) is 0 Å². The van der Waals surface area contributed by atoms with E-state index in [1.165, 1.54) is 6.08 Å². The van der Waals surface area contributed by atoms with Crippen molar-refractivity contribution in [3.05, 3.63) is 12.2 Å². The maximum atomic E-state index is 13.3. The SMILES string of the molecule is CCCCCC/C=C/CC(F)(C(=O)O)C(F)(F)F. The van der Waals surface area contributed by atoms with Gasteiger partial charge in [0.1, 0.15) is 0 Å². The van der Waals surface area contributed by atoms with Crippen LogP contribution >= 0.6 is 0 Å². The van der Waals surface area contributed by atoms with Gasteiger partial charge >= 0.3 is 17.8 Å². The highest BCUT2D eigenvalue weighted by Crippen LogP contribution is 2.37.